The summed E-state index contributed by atoms with van der Waals surface area (Å²) in [5.41, 5.74) is 0. The summed E-state index contributed by atoms with van der Waals surface area (Å²) in [6.45, 7) is 4.82. The van der Waals surface area contributed by atoms with E-state index >= 15 is 0 Å². The Bertz CT molecular complexity index is 1050. The number of aliphatic hydroxyl groups excluding tert-OH is 1. The van der Waals surface area contributed by atoms with E-state index in [4.69, 9.17) is 9.05 Å². The van der Waals surface area contributed by atoms with Gasteiger partial charge in [-0.3, -0.25) is 13.8 Å². The van der Waals surface area contributed by atoms with Gasteiger partial charge in [-0.1, -0.05) is 237 Å². The summed E-state index contributed by atoms with van der Waals surface area (Å²) in [6.07, 6.45) is 54.1. The maximum Gasteiger partial charge on any atom is 0.472 e. The van der Waals surface area contributed by atoms with Gasteiger partial charge in [-0.2, -0.15) is 0 Å². The molecule has 0 bridgehead atoms. The Morgan fingerprint density at radius 3 is 1.31 bits per heavy atom. The predicted octanol–water partition coefficient (Wildman–Crippen LogP) is 15.3. The minimum Gasteiger partial charge on any atom is -0.387 e. The summed E-state index contributed by atoms with van der Waals surface area (Å²) in [5, 5.41) is 13.9. The van der Waals surface area contributed by atoms with Crippen LogP contribution in [-0.2, 0) is 18.4 Å². The van der Waals surface area contributed by atoms with Crippen molar-refractivity contribution in [2.24, 2.45) is 0 Å². The number of carbonyl (C=O) groups excluding carboxylic acids is 1. The zero-order valence-electron chi connectivity index (χ0n) is 41.2. The molecule has 8 nitrogen and oxygen atoms in total. The van der Waals surface area contributed by atoms with Crippen molar-refractivity contribution in [2.75, 3.05) is 40.9 Å². The summed E-state index contributed by atoms with van der Waals surface area (Å²) in [7, 11) is 1.57. The second kappa shape index (κ2) is 44.2. The van der Waals surface area contributed by atoms with Gasteiger partial charge in [0.1, 0.15) is 13.2 Å². The number of quaternary nitrogens is 1. The number of aliphatic hydroxyl groups is 1. The van der Waals surface area contributed by atoms with E-state index < -0.39 is 20.0 Å². The fourth-order valence-electron chi connectivity index (χ4n) is 7.77. The van der Waals surface area contributed by atoms with Crippen molar-refractivity contribution in [3.05, 3.63) is 24.3 Å². The smallest absolute Gasteiger partial charge is 0.387 e. The van der Waals surface area contributed by atoms with E-state index in [2.05, 4.69) is 31.3 Å². The number of hydrogen-bond acceptors (Lipinski definition) is 5. The number of amides is 1. The topological polar surface area (TPSA) is 105 Å². The van der Waals surface area contributed by atoms with Crippen LogP contribution in [0.4, 0.5) is 0 Å². The molecule has 0 heterocycles. The highest BCUT2D eigenvalue weighted by atomic mass is 31.2. The number of allylic oxidation sites excluding steroid dienone is 3. The van der Waals surface area contributed by atoms with Crippen LogP contribution in [0.1, 0.15) is 251 Å². The molecular weight excluding hydrogens is 780 g/mol. The summed E-state index contributed by atoms with van der Waals surface area (Å²) < 4.78 is 23.6. The quantitative estimate of drug-likeness (QED) is 0.0243. The number of nitrogens with one attached hydrogen (secondary N) is 1. The van der Waals surface area contributed by atoms with E-state index in [0.717, 1.165) is 38.5 Å². The van der Waals surface area contributed by atoms with Crippen LogP contribution >= 0.6 is 7.82 Å². The summed E-state index contributed by atoms with van der Waals surface area (Å²) >= 11 is 0. The van der Waals surface area contributed by atoms with E-state index in [9.17, 15) is 19.4 Å². The molecule has 9 heteroatoms. The molecule has 0 aromatic rings. The molecule has 1 amide bonds. The van der Waals surface area contributed by atoms with Gasteiger partial charge in [-0.25, -0.2) is 4.57 Å². The molecule has 0 spiro atoms. The first-order chi connectivity index (χ1) is 29.5. The Labute approximate surface area is 379 Å². The lowest BCUT2D eigenvalue weighted by Gasteiger charge is -2.25. The zero-order valence-corrected chi connectivity index (χ0v) is 42.1. The lowest BCUT2D eigenvalue weighted by Crippen LogP contribution is -2.45. The number of phosphoric ester groups is 1. The Kier molecular flexibility index (Phi) is 43.5. The number of rotatable bonds is 48. The van der Waals surface area contributed by atoms with Crippen LogP contribution in [0.3, 0.4) is 0 Å². The van der Waals surface area contributed by atoms with Crippen LogP contribution < -0.4 is 5.32 Å². The third kappa shape index (κ3) is 46.8. The maximum atomic E-state index is 12.9. The molecule has 0 aromatic heterocycles. The Morgan fingerprint density at radius 1 is 0.541 bits per heavy atom. The second-order valence-electron chi connectivity index (χ2n) is 19.3. The Balaban J connectivity index is 4.28. The van der Waals surface area contributed by atoms with Gasteiger partial charge in [0.05, 0.1) is 39.9 Å². The third-order valence-electron chi connectivity index (χ3n) is 11.9. The van der Waals surface area contributed by atoms with Gasteiger partial charge < -0.3 is 19.8 Å². The van der Waals surface area contributed by atoms with Crippen molar-refractivity contribution in [1.82, 2.24) is 5.32 Å². The number of hydrogen-bond donors (Lipinski definition) is 3. The van der Waals surface area contributed by atoms with Crippen LogP contribution in [-0.4, -0.2) is 73.4 Å². The molecule has 362 valence electrons. The second-order valence-corrected chi connectivity index (χ2v) is 20.7. The summed E-state index contributed by atoms with van der Waals surface area (Å²) in [5.74, 6) is -0.182. The van der Waals surface area contributed by atoms with E-state index in [0.29, 0.717) is 17.4 Å². The van der Waals surface area contributed by atoms with Gasteiger partial charge in [0.15, 0.2) is 0 Å². The molecule has 0 saturated heterocycles. The number of phosphoric acid groups is 1. The largest absolute Gasteiger partial charge is 0.472 e. The highest BCUT2D eigenvalue weighted by Crippen LogP contribution is 2.43. The van der Waals surface area contributed by atoms with Crippen molar-refractivity contribution in [3.63, 3.8) is 0 Å². The van der Waals surface area contributed by atoms with E-state index in [1.165, 1.54) is 193 Å². The number of nitrogens with zero attached hydrogens (tertiary/aromatic N) is 1. The lowest BCUT2D eigenvalue weighted by molar-refractivity contribution is -0.870. The van der Waals surface area contributed by atoms with Crippen LogP contribution in [0.5, 0.6) is 0 Å². The van der Waals surface area contributed by atoms with Gasteiger partial charge in [0, 0.05) is 6.42 Å². The first-order valence-corrected chi connectivity index (χ1v) is 27.7. The normalized spacial score (nSPS) is 14.3. The maximum absolute atomic E-state index is 12.9. The third-order valence-corrected chi connectivity index (χ3v) is 12.9. The van der Waals surface area contributed by atoms with Crippen LogP contribution in [0.15, 0.2) is 24.3 Å². The fourth-order valence-corrected chi connectivity index (χ4v) is 8.50. The monoisotopic (exact) mass is 884 g/mol. The number of likely N-dealkylation sites (N-methyl/N-ethyl adjacent to an activating group) is 1. The van der Waals surface area contributed by atoms with Crippen molar-refractivity contribution < 1.29 is 32.9 Å². The molecule has 0 aliphatic rings. The SMILES string of the molecule is CCCCCCCCCCCCC/C=C/CC/C=C/[C@@H](O)[C@H](COP(=O)(O)OCC[N+](C)(C)C)NC(=O)CCCCCCCCCCCCCCCCCCCCCCCC. The van der Waals surface area contributed by atoms with Gasteiger partial charge in [-0.15, -0.1) is 0 Å². The highest BCUT2D eigenvalue weighted by Gasteiger charge is 2.27. The van der Waals surface area contributed by atoms with Crippen molar-refractivity contribution in [3.8, 4) is 0 Å². The van der Waals surface area contributed by atoms with Crippen LogP contribution in [0.2, 0.25) is 0 Å². The fraction of sp³-hybridized carbons (Fsp3) is 0.904. The van der Waals surface area contributed by atoms with Gasteiger partial charge in [0.25, 0.3) is 0 Å². The van der Waals surface area contributed by atoms with E-state index in [1.54, 1.807) is 6.08 Å². The molecule has 0 rings (SSSR count). The van der Waals surface area contributed by atoms with E-state index in [-0.39, 0.29) is 19.1 Å². The van der Waals surface area contributed by atoms with Crippen LogP contribution in [0, 0.1) is 0 Å². The predicted molar refractivity (Wildman–Crippen MR) is 263 cm³/mol. The Morgan fingerprint density at radius 2 is 0.902 bits per heavy atom. The molecule has 0 saturated carbocycles. The Hall–Kier alpha value is -1.02. The highest BCUT2D eigenvalue weighted by molar-refractivity contribution is 7.47. The average Bonchev–Trinajstić information content (AvgIpc) is 3.21. The molecule has 3 N–H and O–H groups in total. The standard InChI is InChI=1S/C52H103N2O6P/c1-6-8-10-12-14-16-18-20-22-24-25-26-27-28-30-32-34-36-38-40-42-44-46-52(56)53-50(49-60-61(57,58)59-48-47-54(3,4)5)51(55)45-43-41-39-37-35-33-31-29-23-21-19-17-15-13-11-9-7-2/h35,37,43,45,50-51,55H,6-34,36,38-42,44,46-49H2,1-5H3,(H-,53,56,57,58)/p+1/b37-35+,45-43+/t50-,51+/m0/s1. The molecule has 0 fully saturated rings. The zero-order chi connectivity index (χ0) is 45.0. The van der Waals surface area contributed by atoms with Gasteiger partial charge >= 0.3 is 7.82 Å². The average molecular weight is 884 g/mol. The summed E-state index contributed by atoms with van der Waals surface area (Å²) in [6, 6.07) is -0.859. The molecule has 0 aromatic carbocycles. The van der Waals surface area contributed by atoms with Crippen molar-refractivity contribution >= 4 is 13.7 Å². The minimum atomic E-state index is -4.35. The van der Waals surface area contributed by atoms with Gasteiger partial charge in [-0.05, 0) is 32.1 Å². The molecule has 61 heavy (non-hydrogen) atoms. The first kappa shape index (κ1) is 60.0. The number of unbranched alkanes of at least 4 members (excludes halogenated alkanes) is 33. The first-order valence-electron chi connectivity index (χ1n) is 26.2. The lowest BCUT2D eigenvalue weighted by atomic mass is 10.0. The summed E-state index contributed by atoms with van der Waals surface area (Å²) in [4.78, 5) is 23.2. The minimum absolute atomic E-state index is 0.0586. The molecule has 3 atom stereocenters. The molecule has 1 unspecified atom stereocenters. The van der Waals surface area contributed by atoms with Crippen molar-refractivity contribution in [2.45, 2.75) is 264 Å². The molecule has 0 aliphatic carbocycles. The molecule has 0 aliphatic heterocycles. The van der Waals surface area contributed by atoms with E-state index in [1.807, 2.05) is 27.2 Å². The molecular formula is C52H104N2O6P+. The van der Waals surface area contributed by atoms with Gasteiger partial charge in [0.2, 0.25) is 5.91 Å². The number of carbonyl (C=O) groups is 1. The van der Waals surface area contributed by atoms with Crippen molar-refractivity contribution in [1.29, 1.82) is 0 Å². The van der Waals surface area contributed by atoms with Crippen LogP contribution in [0.25, 0.3) is 0 Å². The molecule has 0 radical (unpaired) electrons.